The van der Waals surface area contributed by atoms with E-state index in [2.05, 4.69) is 20.0 Å². The van der Waals surface area contributed by atoms with E-state index in [9.17, 15) is 8.42 Å². The lowest BCUT2D eigenvalue weighted by Gasteiger charge is -2.13. The Morgan fingerprint density at radius 1 is 1.00 bits per heavy atom. The highest BCUT2D eigenvalue weighted by atomic mass is 32.2. The van der Waals surface area contributed by atoms with E-state index in [0.29, 0.717) is 31.3 Å². The molecule has 7 nitrogen and oxygen atoms in total. The van der Waals surface area contributed by atoms with Crippen LogP contribution >= 0.6 is 0 Å². The number of fused-ring (bicyclic) bond motifs is 4. The first-order chi connectivity index (χ1) is 13.9. The second-order valence-electron chi connectivity index (χ2n) is 6.96. The standard InChI is InChI=1S/C21H22N4O3S/c1-14-5-3-6-15(2)20(14)18-12-19-24-21(23-18)25-29(26,27)17-8-4-7-16(11-17)13-22-9-10-28-19/h3-8,11-12,22H,9-10,13H2,1-2H3,(H,23,24,25). The minimum atomic E-state index is -3.84. The molecule has 1 aromatic heterocycles. The number of hydrogen-bond donors (Lipinski definition) is 2. The summed E-state index contributed by atoms with van der Waals surface area (Å²) in [4.78, 5) is 8.92. The van der Waals surface area contributed by atoms with Gasteiger partial charge in [0.15, 0.2) is 0 Å². The second-order valence-corrected chi connectivity index (χ2v) is 8.64. The van der Waals surface area contributed by atoms with Crippen LogP contribution in [0, 0.1) is 13.8 Å². The molecule has 2 aromatic carbocycles. The normalized spacial score (nSPS) is 15.8. The molecule has 4 bridgehead atoms. The highest BCUT2D eigenvalue weighted by molar-refractivity contribution is 7.92. The van der Waals surface area contributed by atoms with Crippen molar-refractivity contribution in [2.75, 3.05) is 17.9 Å². The highest BCUT2D eigenvalue weighted by Crippen LogP contribution is 2.29. The van der Waals surface area contributed by atoms with Crippen molar-refractivity contribution >= 4 is 16.0 Å². The van der Waals surface area contributed by atoms with Crippen molar-refractivity contribution in [3.8, 4) is 17.1 Å². The molecule has 0 atom stereocenters. The summed E-state index contributed by atoms with van der Waals surface area (Å²) in [6.45, 7) is 5.53. The Morgan fingerprint density at radius 3 is 2.55 bits per heavy atom. The summed E-state index contributed by atoms with van der Waals surface area (Å²) < 4.78 is 34.1. The van der Waals surface area contributed by atoms with Gasteiger partial charge in [0, 0.05) is 24.7 Å². The molecule has 29 heavy (non-hydrogen) atoms. The Labute approximate surface area is 170 Å². The fourth-order valence-electron chi connectivity index (χ4n) is 3.35. The Morgan fingerprint density at radius 2 is 1.76 bits per heavy atom. The van der Waals surface area contributed by atoms with E-state index in [0.717, 1.165) is 22.3 Å². The van der Waals surface area contributed by atoms with E-state index in [1.54, 1.807) is 24.3 Å². The molecule has 2 heterocycles. The lowest BCUT2D eigenvalue weighted by Crippen LogP contribution is -2.20. The predicted molar refractivity (Wildman–Crippen MR) is 111 cm³/mol. The molecular weight excluding hydrogens is 388 g/mol. The van der Waals surface area contributed by atoms with Crippen LogP contribution in [0.4, 0.5) is 5.95 Å². The molecule has 4 rings (SSSR count). The van der Waals surface area contributed by atoms with Crippen LogP contribution in [-0.2, 0) is 16.6 Å². The smallest absolute Gasteiger partial charge is 0.264 e. The van der Waals surface area contributed by atoms with Gasteiger partial charge in [-0.3, -0.25) is 0 Å². The average molecular weight is 410 g/mol. The third kappa shape index (κ3) is 4.23. The Hall–Kier alpha value is -2.97. The zero-order valence-corrected chi connectivity index (χ0v) is 17.1. The minimum absolute atomic E-state index is 0.0160. The third-order valence-electron chi connectivity index (χ3n) is 4.73. The molecule has 150 valence electrons. The molecule has 0 amide bonds. The van der Waals surface area contributed by atoms with Gasteiger partial charge in [-0.1, -0.05) is 30.3 Å². The van der Waals surface area contributed by atoms with E-state index >= 15 is 0 Å². The van der Waals surface area contributed by atoms with Gasteiger partial charge in [-0.2, -0.15) is 4.98 Å². The molecule has 0 spiro atoms. The SMILES string of the molecule is Cc1cccc(C)c1-c1cc2nc(n1)NS(=O)(=O)c1cccc(c1)CNCCO2. The van der Waals surface area contributed by atoms with Gasteiger partial charge in [-0.25, -0.2) is 18.1 Å². The lowest BCUT2D eigenvalue weighted by molar-refractivity contribution is 0.302. The van der Waals surface area contributed by atoms with Gasteiger partial charge >= 0.3 is 0 Å². The van der Waals surface area contributed by atoms with Crippen LogP contribution in [0.5, 0.6) is 5.88 Å². The van der Waals surface area contributed by atoms with Crippen LogP contribution in [0.2, 0.25) is 0 Å². The number of benzene rings is 2. The van der Waals surface area contributed by atoms with Gasteiger partial charge < -0.3 is 10.1 Å². The maximum atomic E-state index is 12.9. The number of nitrogens with zero attached hydrogens (tertiary/aromatic N) is 2. The van der Waals surface area contributed by atoms with Crippen molar-refractivity contribution in [2.24, 2.45) is 0 Å². The number of nitrogens with one attached hydrogen (secondary N) is 2. The summed E-state index contributed by atoms with van der Waals surface area (Å²) in [6, 6.07) is 14.5. The van der Waals surface area contributed by atoms with E-state index < -0.39 is 10.0 Å². The van der Waals surface area contributed by atoms with Crippen molar-refractivity contribution in [1.29, 1.82) is 0 Å². The second kappa shape index (κ2) is 7.81. The molecule has 0 aliphatic carbocycles. The summed E-state index contributed by atoms with van der Waals surface area (Å²) in [5.41, 5.74) is 4.49. The summed E-state index contributed by atoms with van der Waals surface area (Å²) in [5.74, 6) is 0.306. The zero-order chi connectivity index (χ0) is 20.4. The predicted octanol–water partition coefficient (Wildman–Crippen LogP) is 3.04. The average Bonchev–Trinajstić information content (AvgIpc) is 2.67. The maximum absolute atomic E-state index is 12.9. The van der Waals surface area contributed by atoms with Crippen LogP contribution in [0.15, 0.2) is 53.4 Å². The van der Waals surface area contributed by atoms with Gasteiger partial charge in [0.05, 0.1) is 10.6 Å². The quantitative estimate of drug-likeness (QED) is 0.641. The fraction of sp³-hybridized carbons (Fsp3) is 0.238. The summed E-state index contributed by atoms with van der Waals surface area (Å²) in [5, 5.41) is 3.25. The molecule has 8 heteroatoms. The molecule has 1 aliphatic heterocycles. The number of aryl methyl sites for hydroxylation is 2. The van der Waals surface area contributed by atoms with Crippen molar-refractivity contribution in [3.05, 3.63) is 65.2 Å². The van der Waals surface area contributed by atoms with Crippen LogP contribution in [0.1, 0.15) is 16.7 Å². The van der Waals surface area contributed by atoms with Gasteiger partial charge in [0.1, 0.15) is 6.61 Å². The van der Waals surface area contributed by atoms with E-state index in [1.807, 2.05) is 38.1 Å². The molecule has 0 saturated heterocycles. The Balaban J connectivity index is 1.83. The first-order valence-electron chi connectivity index (χ1n) is 9.33. The highest BCUT2D eigenvalue weighted by Gasteiger charge is 2.19. The number of aromatic nitrogens is 2. The Kier molecular flexibility index (Phi) is 5.21. The molecule has 2 N–H and O–H groups in total. The largest absolute Gasteiger partial charge is 0.476 e. The van der Waals surface area contributed by atoms with Crippen molar-refractivity contribution < 1.29 is 13.2 Å². The van der Waals surface area contributed by atoms with Crippen LogP contribution in [0.3, 0.4) is 0 Å². The number of ether oxygens (including phenoxy) is 1. The maximum Gasteiger partial charge on any atom is 0.264 e. The molecule has 3 aromatic rings. The fourth-order valence-corrected chi connectivity index (χ4v) is 4.37. The van der Waals surface area contributed by atoms with Gasteiger partial charge in [0.25, 0.3) is 10.0 Å². The molecule has 0 fully saturated rings. The minimum Gasteiger partial charge on any atom is -0.476 e. The van der Waals surface area contributed by atoms with E-state index in [4.69, 9.17) is 4.74 Å². The molecule has 1 aliphatic rings. The number of hydrogen-bond acceptors (Lipinski definition) is 6. The summed E-state index contributed by atoms with van der Waals surface area (Å²) in [6.07, 6.45) is 0. The summed E-state index contributed by atoms with van der Waals surface area (Å²) >= 11 is 0. The third-order valence-corrected chi connectivity index (χ3v) is 6.06. The number of sulfonamides is 1. The topological polar surface area (TPSA) is 93.2 Å². The number of anilines is 1. The van der Waals surface area contributed by atoms with Crippen molar-refractivity contribution in [3.63, 3.8) is 0 Å². The zero-order valence-electron chi connectivity index (χ0n) is 16.3. The molecule has 0 unspecified atom stereocenters. The van der Waals surface area contributed by atoms with Crippen LogP contribution in [-0.4, -0.2) is 31.5 Å². The van der Waals surface area contributed by atoms with Gasteiger partial charge in [-0.05, 0) is 42.7 Å². The molecular formula is C21H22N4O3S. The molecule has 0 radical (unpaired) electrons. The van der Waals surface area contributed by atoms with E-state index in [1.165, 1.54) is 0 Å². The van der Waals surface area contributed by atoms with Crippen LogP contribution < -0.4 is 14.8 Å². The molecule has 0 saturated carbocycles. The van der Waals surface area contributed by atoms with Gasteiger partial charge in [0.2, 0.25) is 11.8 Å². The first kappa shape index (κ1) is 19.4. The van der Waals surface area contributed by atoms with Crippen molar-refractivity contribution in [1.82, 2.24) is 15.3 Å². The van der Waals surface area contributed by atoms with Gasteiger partial charge in [-0.15, -0.1) is 0 Å². The number of rotatable bonds is 1. The first-order valence-corrected chi connectivity index (χ1v) is 10.8. The summed E-state index contributed by atoms with van der Waals surface area (Å²) in [7, 11) is -3.84. The monoisotopic (exact) mass is 410 g/mol. The lowest BCUT2D eigenvalue weighted by atomic mass is 10.00. The van der Waals surface area contributed by atoms with E-state index in [-0.39, 0.29) is 10.8 Å². The Bertz CT molecular complexity index is 1140. The van der Waals surface area contributed by atoms with Crippen molar-refractivity contribution in [2.45, 2.75) is 25.3 Å². The van der Waals surface area contributed by atoms with Crippen LogP contribution in [0.25, 0.3) is 11.3 Å².